The molecule has 23 heavy (non-hydrogen) atoms. The Balaban J connectivity index is 2.24. The molecule has 0 atom stereocenters. The maximum absolute atomic E-state index is 14.4. The summed E-state index contributed by atoms with van der Waals surface area (Å²) in [6, 6.07) is 5.14. The van der Waals surface area contributed by atoms with Crippen molar-refractivity contribution in [2.75, 3.05) is 31.1 Å². The Morgan fingerprint density at radius 3 is 2.65 bits per heavy atom. The Hall–Kier alpha value is -2.41. The zero-order chi connectivity index (χ0) is 16.6. The number of hydrogen-bond acceptors (Lipinski definition) is 4. The van der Waals surface area contributed by atoms with Gasteiger partial charge in [0.05, 0.1) is 5.52 Å². The van der Waals surface area contributed by atoms with Gasteiger partial charge in [-0.25, -0.2) is 4.79 Å². The van der Waals surface area contributed by atoms with E-state index >= 15 is 0 Å². The van der Waals surface area contributed by atoms with E-state index in [0.717, 1.165) is 31.9 Å². The molecule has 2 N–H and O–H groups in total. The Labute approximate surface area is 132 Å². The van der Waals surface area contributed by atoms with Crippen LogP contribution in [0.15, 0.2) is 23.0 Å². The van der Waals surface area contributed by atoms with Gasteiger partial charge in [0.1, 0.15) is 0 Å². The first-order chi connectivity index (χ1) is 11.0. The number of carboxylic acid groups (broad SMARTS) is 1. The molecule has 0 bridgehead atoms. The largest absolute Gasteiger partial charge is 0.477 e. The second-order valence-electron chi connectivity index (χ2n) is 5.48. The van der Waals surface area contributed by atoms with E-state index in [4.69, 9.17) is 5.11 Å². The molecular weight excluding hydrogens is 301 g/mol. The van der Waals surface area contributed by atoms with Gasteiger partial charge in [-0.05, 0) is 25.1 Å². The molecule has 3 rings (SSSR count). The number of benzene rings is 1. The van der Waals surface area contributed by atoms with Crippen LogP contribution in [0.25, 0.3) is 10.9 Å². The Bertz CT molecular complexity index is 825. The maximum atomic E-state index is 14.4. The van der Waals surface area contributed by atoms with Gasteiger partial charge in [-0.3, -0.25) is 4.79 Å². The standard InChI is InChI=1S/C16H18FN3O3/c1-2-20-12-9-10(19-7-5-18-6-8-19)3-4-11(12)14(21)13(15(20)17)16(22)23/h3-4,9,18H,2,5-8H2,1H3,(H,22,23). The lowest BCUT2D eigenvalue weighted by Crippen LogP contribution is -2.43. The van der Waals surface area contributed by atoms with Gasteiger partial charge >= 0.3 is 5.97 Å². The van der Waals surface area contributed by atoms with E-state index < -0.39 is 22.9 Å². The molecule has 0 unspecified atom stereocenters. The van der Waals surface area contributed by atoms with E-state index in [1.165, 1.54) is 4.57 Å². The lowest BCUT2D eigenvalue weighted by atomic mass is 10.1. The first-order valence-electron chi connectivity index (χ1n) is 7.59. The molecule has 1 aliphatic rings. The third-order valence-electron chi connectivity index (χ3n) is 4.20. The van der Waals surface area contributed by atoms with Crippen molar-refractivity contribution in [3.8, 4) is 0 Å². The van der Waals surface area contributed by atoms with Crippen LogP contribution in [0.3, 0.4) is 0 Å². The average Bonchev–Trinajstić information content (AvgIpc) is 2.55. The predicted octanol–water partition coefficient (Wildman–Crippen LogP) is 1.27. The van der Waals surface area contributed by atoms with Gasteiger partial charge in [0, 0.05) is 43.8 Å². The zero-order valence-corrected chi connectivity index (χ0v) is 12.8. The van der Waals surface area contributed by atoms with Gasteiger partial charge in [-0.15, -0.1) is 0 Å². The van der Waals surface area contributed by atoms with E-state index in [1.54, 1.807) is 25.1 Å². The summed E-state index contributed by atoms with van der Waals surface area (Å²) < 4.78 is 15.7. The van der Waals surface area contributed by atoms with Crippen LogP contribution in [0, 0.1) is 5.95 Å². The number of nitrogens with zero attached hydrogens (tertiary/aromatic N) is 2. The van der Waals surface area contributed by atoms with Gasteiger partial charge in [0.2, 0.25) is 11.4 Å². The molecule has 122 valence electrons. The highest BCUT2D eigenvalue weighted by atomic mass is 19.1. The summed E-state index contributed by atoms with van der Waals surface area (Å²) in [7, 11) is 0. The molecule has 0 spiro atoms. The minimum atomic E-state index is -1.54. The third kappa shape index (κ3) is 2.57. The summed E-state index contributed by atoms with van der Waals surface area (Å²) in [6.07, 6.45) is 0. The summed E-state index contributed by atoms with van der Waals surface area (Å²) in [6.45, 7) is 5.36. The first-order valence-corrected chi connectivity index (χ1v) is 7.59. The van der Waals surface area contributed by atoms with Gasteiger partial charge < -0.3 is 19.9 Å². The van der Waals surface area contributed by atoms with Gasteiger partial charge in [0.25, 0.3) is 0 Å². The molecule has 1 aromatic heterocycles. The fraction of sp³-hybridized carbons (Fsp3) is 0.375. The fourth-order valence-corrected chi connectivity index (χ4v) is 3.02. The minimum Gasteiger partial charge on any atom is -0.477 e. The Kier molecular flexibility index (Phi) is 4.04. The number of fused-ring (bicyclic) bond motifs is 1. The highest BCUT2D eigenvalue weighted by Gasteiger charge is 2.22. The molecular formula is C16H18FN3O3. The van der Waals surface area contributed by atoms with Crippen molar-refractivity contribution in [1.29, 1.82) is 0 Å². The molecule has 2 heterocycles. The fourth-order valence-electron chi connectivity index (χ4n) is 3.02. The SMILES string of the molecule is CCn1c(F)c(C(=O)O)c(=O)c2ccc(N3CCNCC3)cc21. The Morgan fingerprint density at radius 2 is 2.04 bits per heavy atom. The van der Waals surface area contributed by atoms with Crippen molar-refractivity contribution in [2.45, 2.75) is 13.5 Å². The Morgan fingerprint density at radius 1 is 1.35 bits per heavy atom. The quantitative estimate of drug-likeness (QED) is 0.834. The molecule has 0 radical (unpaired) electrons. The van der Waals surface area contributed by atoms with Crippen molar-refractivity contribution in [3.63, 3.8) is 0 Å². The summed E-state index contributed by atoms with van der Waals surface area (Å²) in [4.78, 5) is 25.6. The molecule has 0 aliphatic carbocycles. The molecule has 6 nitrogen and oxygen atoms in total. The van der Waals surface area contributed by atoms with Gasteiger partial charge in [0.15, 0.2) is 5.56 Å². The smallest absolute Gasteiger partial charge is 0.344 e. The number of nitrogens with one attached hydrogen (secondary N) is 1. The second kappa shape index (κ2) is 6.00. The van der Waals surface area contributed by atoms with Crippen molar-refractivity contribution < 1.29 is 14.3 Å². The van der Waals surface area contributed by atoms with Crippen molar-refractivity contribution in [1.82, 2.24) is 9.88 Å². The maximum Gasteiger partial charge on any atom is 0.344 e. The third-order valence-corrected chi connectivity index (χ3v) is 4.20. The predicted molar refractivity (Wildman–Crippen MR) is 85.9 cm³/mol. The first kappa shape index (κ1) is 15.5. The van der Waals surface area contributed by atoms with Crippen LogP contribution >= 0.6 is 0 Å². The van der Waals surface area contributed by atoms with Crippen molar-refractivity contribution in [3.05, 3.63) is 39.9 Å². The van der Waals surface area contributed by atoms with E-state index in [0.29, 0.717) is 5.52 Å². The number of aromatic nitrogens is 1. The number of rotatable bonds is 3. The highest BCUT2D eigenvalue weighted by Crippen LogP contribution is 2.23. The molecule has 1 saturated heterocycles. The van der Waals surface area contributed by atoms with Crippen LogP contribution in [0.1, 0.15) is 17.3 Å². The van der Waals surface area contributed by atoms with Crippen LogP contribution in [-0.2, 0) is 6.54 Å². The molecule has 2 aromatic rings. The minimum absolute atomic E-state index is 0.226. The van der Waals surface area contributed by atoms with Crippen LogP contribution in [0.5, 0.6) is 0 Å². The number of aryl methyl sites for hydroxylation is 1. The van der Waals surface area contributed by atoms with E-state index in [1.807, 2.05) is 0 Å². The zero-order valence-electron chi connectivity index (χ0n) is 12.8. The number of carboxylic acids is 1. The molecule has 0 saturated carbocycles. The number of carbonyl (C=O) groups is 1. The summed E-state index contributed by atoms with van der Waals surface area (Å²) in [5, 5.41) is 12.6. The van der Waals surface area contributed by atoms with E-state index in [2.05, 4.69) is 10.2 Å². The van der Waals surface area contributed by atoms with Gasteiger partial charge in [-0.1, -0.05) is 0 Å². The van der Waals surface area contributed by atoms with Crippen molar-refractivity contribution in [2.24, 2.45) is 0 Å². The lowest BCUT2D eigenvalue weighted by molar-refractivity contribution is 0.0688. The number of halogens is 1. The lowest BCUT2D eigenvalue weighted by Gasteiger charge is -2.29. The number of piperazine rings is 1. The highest BCUT2D eigenvalue weighted by molar-refractivity contribution is 5.93. The number of anilines is 1. The van der Waals surface area contributed by atoms with Crippen LogP contribution < -0.4 is 15.6 Å². The summed E-state index contributed by atoms with van der Waals surface area (Å²) in [5.41, 5.74) is -0.241. The summed E-state index contributed by atoms with van der Waals surface area (Å²) >= 11 is 0. The van der Waals surface area contributed by atoms with Gasteiger partial charge in [-0.2, -0.15) is 4.39 Å². The topological polar surface area (TPSA) is 74.6 Å². The van der Waals surface area contributed by atoms with E-state index in [-0.39, 0.29) is 11.9 Å². The number of aromatic carboxylic acids is 1. The van der Waals surface area contributed by atoms with Crippen LogP contribution in [0.4, 0.5) is 10.1 Å². The molecule has 7 heteroatoms. The molecule has 1 fully saturated rings. The molecule has 1 aliphatic heterocycles. The number of pyridine rings is 1. The molecule has 1 aromatic carbocycles. The van der Waals surface area contributed by atoms with Crippen LogP contribution in [0.2, 0.25) is 0 Å². The van der Waals surface area contributed by atoms with Crippen LogP contribution in [-0.4, -0.2) is 41.8 Å². The monoisotopic (exact) mass is 319 g/mol. The van der Waals surface area contributed by atoms with Crippen molar-refractivity contribution >= 4 is 22.6 Å². The second-order valence-corrected chi connectivity index (χ2v) is 5.48. The summed E-state index contributed by atoms with van der Waals surface area (Å²) in [5.74, 6) is -2.53. The normalized spacial score (nSPS) is 15.1. The average molecular weight is 319 g/mol. The number of hydrogen-bond donors (Lipinski definition) is 2. The van der Waals surface area contributed by atoms with E-state index in [9.17, 15) is 14.0 Å². The molecule has 0 amide bonds.